The highest BCUT2D eigenvalue weighted by Gasteiger charge is 2.12. The average Bonchev–Trinajstić information content (AvgIpc) is 2.34. The first-order valence-electron chi connectivity index (χ1n) is 5.35. The summed E-state index contributed by atoms with van der Waals surface area (Å²) in [6.45, 7) is 0. The molecule has 0 saturated heterocycles. The van der Waals surface area contributed by atoms with E-state index in [0.29, 0.717) is 5.56 Å². The topological polar surface area (TPSA) is 59.4 Å². The van der Waals surface area contributed by atoms with E-state index in [1.807, 2.05) is 0 Å². The summed E-state index contributed by atoms with van der Waals surface area (Å²) in [5.41, 5.74) is 0.436. The zero-order chi connectivity index (χ0) is 13.8. The van der Waals surface area contributed by atoms with Crippen molar-refractivity contribution in [3.63, 3.8) is 0 Å². The largest absolute Gasteiger partial charge is 0.481 e. The summed E-state index contributed by atoms with van der Waals surface area (Å²) in [4.78, 5) is 14.4. The van der Waals surface area contributed by atoms with E-state index in [9.17, 15) is 9.18 Å². The Morgan fingerprint density at radius 3 is 2.84 bits per heavy atom. The van der Waals surface area contributed by atoms with Crippen LogP contribution in [0.15, 0.2) is 36.5 Å². The molecular formula is C13H9ClFNO3. The fraction of sp³-hybridized carbons (Fsp3) is 0.0769. The van der Waals surface area contributed by atoms with E-state index in [-0.39, 0.29) is 23.1 Å². The van der Waals surface area contributed by atoms with Gasteiger partial charge in [-0.25, -0.2) is 9.37 Å². The predicted molar refractivity (Wildman–Crippen MR) is 67.1 cm³/mol. The molecule has 2 rings (SSSR count). The Balaban J connectivity index is 2.30. The number of benzene rings is 1. The van der Waals surface area contributed by atoms with Crippen LogP contribution in [0.2, 0.25) is 5.02 Å². The molecule has 1 aromatic carbocycles. The monoisotopic (exact) mass is 281 g/mol. The molecule has 1 aromatic heterocycles. The second-order valence-corrected chi connectivity index (χ2v) is 4.16. The highest BCUT2D eigenvalue weighted by atomic mass is 35.5. The summed E-state index contributed by atoms with van der Waals surface area (Å²) < 4.78 is 18.8. The summed E-state index contributed by atoms with van der Waals surface area (Å²) in [5.74, 6) is -1.71. The standard InChI is InChI=1S/C13H9ClFNO3/c14-9-6-10(15)13(16-7-9)19-11-4-2-1-3-8(11)5-12(17)18/h1-4,6-7H,5H2,(H,17,18). The third-order valence-corrected chi connectivity index (χ3v) is 2.50. The van der Waals surface area contributed by atoms with Crippen LogP contribution in [0.3, 0.4) is 0 Å². The van der Waals surface area contributed by atoms with Gasteiger partial charge in [-0.05, 0) is 12.1 Å². The number of ether oxygens (including phenoxy) is 1. The number of para-hydroxylation sites is 1. The fourth-order valence-corrected chi connectivity index (χ4v) is 1.64. The van der Waals surface area contributed by atoms with Gasteiger partial charge in [0.1, 0.15) is 5.75 Å². The quantitative estimate of drug-likeness (QED) is 0.934. The zero-order valence-electron chi connectivity index (χ0n) is 9.64. The second kappa shape index (κ2) is 5.67. The normalized spacial score (nSPS) is 10.2. The minimum atomic E-state index is -0.999. The molecule has 19 heavy (non-hydrogen) atoms. The third-order valence-electron chi connectivity index (χ3n) is 2.29. The van der Waals surface area contributed by atoms with Crippen molar-refractivity contribution in [2.75, 3.05) is 0 Å². The van der Waals surface area contributed by atoms with E-state index >= 15 is 0 Å². The van der Waals surface area contributed by atoms with Gasteiger partial charge in [-0.3, -0.25) is 4.79 Å². The molecule has 0 saturated carbocycles. The minimum Gasteiger partial charge on any atom is -0.481 e. The number of hydrogen-bond acceptors (Lipinski definition) is 3. The number of aromatic nitrogens is 1. The van der Waals surface area contributed by atoms with Crippen molar-refractivity contribution in [1.29, 1.82) is 0 Å². The van der Waals surface area contributed by atoms with Gasteiger partial charge in [-0.1, -0.05) is 29.8 Å². The first-order chi connectivity index (χ1) is 9.06. The number of nitrogens with zero attached hydrogens (tertiary/aromatic N) is 1. The van der Waals surface area contributed by atoms with Crippen LogP contribution in [0, 0.1) is 5.82 Å². The number of rotatable bonds is 4. The van der Waals surface area contributed by atoms with Gasteiger partial charge in [0.15, 0.2) is 5.82 Å². The van der Waals surface area contributed by atoms with Crippen LogP contribution < -0.4 is 4.74 Å². The third kappa shape index (κ3) is 3.42. The molecule has 1 N–H and O–H groups in total. The molecule has 4 nitrogen and oxygen atoms in total. The summed E-state index contributed by atoms with van der Waals surface area (Å²) in [5, 5.41) is 8.94. The summed E-state index contributed by atoms with van der Waals surface area (Å²) in [6, 6.07) is 7.56. The lowest BCUT2D eigenvalue weighted by molar-refractivity contribution is -0.136. The van der Waals surface area contributed by atoms with Gasteiger partial charge in [0.05, 0.1) is 11.4 Å². The molecule has 2 aromatic rings. The van der Waals surface area contributed by atoms with Crippen molar-refractivity contribution in [1.82, 2.24) is 4.98 Å². The molecule has 0 spiro atoms. The molecular weight excluding hydrogens is 273 g/mol. The van der Waals surface area contributed by atoms with Crippen LogP contribution in [-0.2, 0) is 11.2 Å². The smallest absolute Gasteiger partial charge is 0.307 e. The molecule has 0 aliphatic carbocycles. The highest BCUT2D eigenvalue weighted by molar-refractivity contribution is 6.30. The van der Waals surface area contributed by atoms with Gasteiger partial charge in [0, 0.05) is 11.8 Å². The number of hydrogen-bond donors (Lipinski definition) is 1. The van der Waals surface area contributed by atoms with E-state index in [1.165, 1.54) is 6.20 Å². The van der Waals surface area contributed by atoms with Gasteiger partial charge >= 0.3 is 5.97 Å². The lowest BCUT2D eigenvalue weighted by Crippen LogP contribution is -2.02. The Kier molecular flexibility index (Phi) is 3.97. The molecule has 6 heteroatoms. The molecule has 1 heterocycles. The molecule has 98 valence electrons. The maximum Gasteiger partial charge on any atom is 0.307 e. The molecule has 0 fully saturated rings. The SMILES string of the molecule is O=C(O)Cc1ccccc1Oc1ncc(Cl)cc1F. The number of pyridine rings is 1. The first-order valence-corrected chi connectivity index (χ1v) is 5.72. The predicted octanol–water partition coefficient (Wildman–Crippen LogP) is 3.29. The van der Waals surface area contributed by atoms with Crippen LogP contribution in [-0.4, -0.2) is 16.1 Å². The van der Waals surface area contributed by atoms with Gasteiger partial charge in [-0.15, -0.1) is 0 Å². The number of aliphatic carboxylic acids is 1. The molecule has 0 aliphatic heterocycles. The van der Waals surface area contributed by atoms with Gasteiger partial charge in [-0.2, -0.15) is 0 Å². The van der Waals surface area contributed by atoms with E-state index < -0.39 is 11.8 Å². The highest BCUT2D eigenvalue weighted by Crippen LogP contribution is 2.27. The molecule has 0 bridgehead atoms. The summed E-state index contributed by atoms with van der Waals surface area (Å²) >= 11 is 5.58. The van der Waals surface area contributed by atoms with E-state index in [4.69, 9.17) is 21.4 Å². The maximum atomic E-state index is 13.5. The van der Waals surface area contributed by atoms with E-state index in [1.54, 1.807) is 24.3 Å². The second-order valence-electron chi connectivity index (χ2n) is 3.72. The molecule has 0 amide bonds. The molecule has 0 unspecified atom stereocenters. The minimum absolute atomic E-state index is 0.156. The average molecular weight is 282 g/mol. The lowest BCUT2D eigenvalue weighted by Gasteiger charge is -2.09. The Hall–Kier alpha value is -2.14. The van der Waals surface area contributed by atoms with Gasteiger partial charge in [0.2, 0.25) is 0 Å². The summed E-state index contributed by atoms with van der Waals surface area (Å²) in [7, 11) is 0. The molecule has 0 atom stereocenters. The van der Waals surface area contributed by atoms with Crippen molar-refractivity contribution >= 4 is 17.6 Å². The van der Waals surface area contributed by atoms with Crippen LogP contribution in [0.25, 0.3) is 0 Å². The van der Waals surface area contributed by atoms with Crippen molar-refractivity contribution in [2.45, 2.75) is 6.42 Å². The van der Waals surface area contributed by atoms with E-state index in [2.05, 4.69) is 4.98 Å². The van der Waals surface area contributed by atoms with E-state index in [0.717, 1.165) is 6.07 Å². The first kappa shape index (κ1) is 13.3. The Labute approximate surface area is 113 Å². The van der Waals surface area contributed by atoms with Crippen molar-refractivity contribution in [3.05, 3.63) is 52.9 Å². The number of carbonyl (C=O) groups is 1. The number of carboxylic acids is 1. The number of carboxylic acid groups (broad SMARTS) is 1. The Bertz CT molecular complexity index is 619. The molecule has 0 aliphatic rings. The van der Waals surface area contributed by atoms with Crippen molar-refractivity contribution in [3.8, 4) is 11.6 Å². The lowest BCUT2D eigenvalue weighted by atomic mass is 10.1. The van der Waals surface area contributed by atoms with Crippen LogP contribution in [0.4, 0.5) is 4.39 Å². The Morgan fingerprint density at radius 2 is 2.16 bits per heavy atom. The summed E-state index contributed by atoms with van der Waals surface area (Å²) in [6.07, 6.45) is 1.03. The van der Waals surface area contributed by atoms with Crippen LogP contribution in [0.1, 0.15) is 5.56 Å². The van der Waals surface area contributed by atoms with Crippen LogP contribution in [0.5, 0.6) is 11.6 Å². The van der Waals surface area contributed by atoms with Crippen molar-refractivity contribution in [2.24, 2.45) is 0 Å². The van der Waals surface area contributed by atoms with Crippen molar-refractivity contribution < 1.29 is 19.0 Å². The fourth-order valence-electron chi connectivity index (χ4n) is 1.49. The number of halogens is 2. The zero-order valence-corrected chi connectivity index (χ0v) is 10.4. The maximum absolute atomic E-state index is 13.5. The van der Waals surface area contributed by atoms with Crippen LogP contribution >= 0.6 is 11.6 Å². The van der Waals surface area contributed by atoms with Gasteiger partial charge in [0.25, 0.3) is 5.88 Å². The Morgan fingerprint density at radius 1 is 1.42 bits per heavy atom. The molecule has 0 radical (unpaired) electrons. The van der Waals surface area contributed by atoms with Gasteiger partial charge < -0.3 is 9.84 Å².